The lowest BCUT2D eigenvalue weighted by Crippen LogP contribution is -2.35. The van der Waals surface area contributed by atoms with Crippen LogP contribution in [0.1, 0.15) is 44.1 Å². The van der Waals surface area contributed by atoms with Gasteiger partial charge in [-0.05, 0) is 49.3 Å². The van der Waals surface area contributed by atoms with Gasteiger partial charge in [0.2, 0.25) is 0 Å². The summed E-state index contributed by atoms with van der Waals surface area (Å²) in [6.45, 7) is 0.608. The zero-order valence-electron chi connectivity index (χ0n) is 12.1. The number of benzene rings is 1. The molecule has 1 aromatic rings. The van der Waals surface area contributed by atoms with Crippen LogP contribution in [0.3, 0.4) is 0 Å². The Hall–Kier alpha value is -1.51. The number of carbonyl (C=O) groups is 1. The molecule has 20 heavy (non-hydrogen) atoms. The van der Waals surface area contributed by atoms with E-state index in [0.717, 1.165) is 37.0 Å². The van der Waals surface area contributed by atoms with Gasteiger partial charge in [-0.15, -0.1) is 0 Å². The summed E-state index contributed by atoms with van der Waals surface area (Å²) in [6.07, 6.45) is 6.44. The van der Waals surface area contributed by atoms with Crippen LogP contribution < -0.4 is 4.74 Å². The molecule has 0 heterocycles. The number of hydrogen-bond donors (Lipinski definition) is 0. The predicted octanol–water partition coefficient (Wildman–Crippen LogP) is 3.46. The maximum atomic E-state index is 12.6. The zero-order chi connectivity index (χ0) is 14.0. The number of rotatable bonds is 5. The van der Waals surface area contributed by atoms with Crippen molar-refractivity contribution in [2.45, 2.75) is 43.9 Å². The molecular weight excluding hydrogens is 252 g/mol. The molecule has 0 amide bonds. The topological polar surface area (TPSA) is 35.5 Å². The van der Waals surface area contributed by atoms with Gasteiger partial charge < -0.3 is 9.47 Å². The number of carbonyl (C=O) groups excluding carboxylic acids is 1. The molecule has 2 aliphatic rings. The molecular formula is C17H22O3. The Labute approximate surface area is 120 Å². The fraction of sp³-hybridized carbons (Fsp3) is 0.588. The maximum absolute atomic E-state index is 12.6. The van der Waals surface area contributed by atoms with Gasteiger partial charge >= 0.3 is 5.97 Å². The first-order valence-electron chi connectivity index (χ1n) is 7.56. The van der Waals surface area contributed by atoms with Crippen LogP contribution in [0.4, 0.5) is 0 Å². The molecule has 0 N–H and O–H groups in total. The van der Waals surface area contributed by atoms with E-state index in [0.29, 0.717) is 12.5 Å². The highest BCUT2D eigenvalue weighted by Crippen LogP contribution is 2.43. The van der Waals surface area contributed by atoms with E-state index in [1.165, 1.54) is 12.8 Å². The van der Waals surface area contributed by atoms with Crippen LogP contribution in [-0.2, 0) is 14.9 Å². The molecule has 1 aromatic carbocycles. The van der Waals surface area contributed by atoms with Crippen molar-refractivity contribution in [2.24, 2.45) is 5.92 Å². The summed E-state index contributed by atoms with van der Waals surface area (Å²) in [4.78, 5) is 12.6. The van der Waals surface area contributed by atoms with Crippen molar-refractivity contribution in [3.63, 3.8) is 0 Å². The van der Waals surface area contributed by atoms with E-state index in [1.54, 1.807) is 7.11 Å². The quantitative estimate of drug-likeness (QED) is 0.771. The van der Waals surface area contributed by atoms with Gasteiger partial charge in [0.25, 0.3) is 0 Å². The molecule has 0 atom stereocenters. The van der Waals surface area contributed by atoms with Crippen molar-refractivity contribution in [1.29, 1.82) is 0 Å². The van der Waals surface area contributed by atoms with Crippen LogP contribution in [0, 0.1) is 5.92 Å². The van der Waals surface area contributed by atoms with Crippen LogP contribution >= 0.6 is 0 Å². The highest BCUT2D eigenvalue weighted by Gasteiger charge is 2.44. The molecule has 0 spiro atoms. The first-order valence-corrected chi connectivity index (χ1v) is 7.56. The molecule has 3 nitrogen and oxygen atoms in total. The van der Waals surface area contributed by atoms with Gasteiger partial charge in [-0.3, -0.25) is 4.79 Å². The Bertz CT molecular complexity index is 468. The van der Waals surface area contributed by atoms with E-state index in [4.69, 9.17) is 9.47 Å². The summed E-state index contributed by atoms with van der Waals surface area (Å²) in [5.74, 6) is 1.42. The first-order chi connectivity index (χ1) is 9.74. The average Bonchev–Trinajstić information content (AvgIpc) is 3.19. The molecule has 3 rings (SSSR count). The smallest absolute Gasteiger partial charge is 0.316 e. The zero-order valence-corrected chi connectivity index (χ0v) is 12.1. The second-order valence-electron chi connectivity index (χ2n) is 6.06. The monoisotopic (exact) mass is 274 g/mol. The third-order valence-electron chi connectivity index (χ3n) is 4.64. The van der Waals surface area contributed by atoms with Crippen molar-refractivity contribution in [3.05, 3.63) is 29.8 Å². The van der Waals surface area contributed by atoms with Crippen molar-refractivity contribution >= 4 is 5.97 Å². The Kier molecular flexibility index (Phi) is 3.68. The van der Waals surface area contributed by atoms with Crippen LogP contribution in [0.15, 0.2) is 24.3 Å². The summed E-state index contributed by atoms with van der Waals surface area (Å²) in [5, 5.41) is 0. The highest BCUT2D eigenvalue weighted by molar-refractivity contribution is 5.83. The second-order valence-corrected chi connectivity index (χ2v) is 6.06. The minimum atomic E-state index is -0.416. The molecule has 3 heteroatoms. The fourth-order valence-corrected chi connectivity index (χ4v) is 3.12. The van der Waals surface area contributed by atoms with Crippen LogP contribution in [0.2, 0.25) is 0 Å². The number of methoxy groups -OCH3 is 1. The molecule has 2 saturated carbocycles. The summed E-state index contributed by atoms with van der Waals surface area (Å²) in [5.41, 5.74) is 0.665. The van der Waals surface area contributed by atoms with Gasteiger partial charge in [0.1, 0.15) is 5.75 Å². The normalized spacial score (nSPS) is 20.6. The largest absolute Gasteiger partial charge is 0.497 e. The van der Waals surface area contributed by atoms with Crippen molar-refractivity contribution in [3.8, 4) is 5.75 Å². The van der Waals surface area contributed by atoms with Gasteiger partial charge in [0.15, 0.2) is 0 Å². The molecule has 2 fully saturated rings. The first kappa shape index (κ1) is 13.5. The standard InChI is InChI=1S/C17H22O3/c1-19-15-8-6-14(7-9-15)17(10-2-3-11-17)16(18)20-12-13-4-5-13/h6-9,13H,2-5,10-12H2,1H3. The third kappa shape index (κ3) is 2.54. The minimum absolute atomic E-state index is 0.0212. The van der Waals surface area contributed by atoms with E-state index in [9.17, 15) is 4.79 Å². The highest BCUT2D eigenvalue weighted by atomic mass is 16.5. The molecule has 0 saturated heterocycles. The summed E-state index contributed by atoms with van der Waals surface area (Å²) in [6, 6.07) is 7.90. The van der Waals surface area contributed by atoms with E-state index in [2.05, 4.69) is 0 Å². The lowest BCUT2D eigenvalue weighted by molar-refractivity contribution is -0.151. The van der Waals surface area contributed by atoms with E-state index < -0.39 is 5.41 Å². The van der Waals surface area contributed by atoms with Gasteiger partial charge in [0.05, 0.1) is 19.1 Å². The Balaban J connectivity index is 1.79. The Morgan fingerprint density at radius 3 is 2.40 bits per heavy atom. The lowest BCUT2D eigenvalue weighted by atomic mass is 9.79. The molecule has 2 aliphatic carbocycles. The van der Waals surface area contributed by atoms with E-state index in [1.807, 2.05) is 24.3 Å². The Morgan fingerprint density at radius 1 is 1.20 bits per heavy atom. The van der Waals surface area contributed by atoms with Crippen molar-refractivity contribution < 1.29 is 14.3 Å². The molecule has 0 unspecified atom stereocenters. The van der Waals surface area contributed by atoms with Crippen LogP contribution in [0.5, 0.6) is 5.75 Å². The number of ether oxygens (including phenoxy) is 2. The van der Waals surface area contributed by atoms with Crippen molar-refractivity contribution in [1.82, 2.24) is 0 Å². The number of hydrogen-bond acceptors (Lipinski definition) is 3. The summed E-state index contributed by atoms with van der Waals surface area (Å²) >= 11 is 0. The minimum Gasteiger partial charge on any atom is -0.497 e. The number of esters is 1. The van der Waals surface area contributed by atoms with Gasteiger partial charge in [-0.25, -0.2) is 0 Å². The molecule has 0 radical (unpaired) electrons. The predicted molar refractivity (Wildman–Crippen MR) is 76.8 cm³/mol. The maximum Gasteiger partial charge on any atom is 0.316 e. The molecule has 108 valence electrons. The molecule has 0 aromatic heterocycles. The summed E-state index contributed by atoms with van der Waals surface area (Å²) < 4.78 is 10.8. The molecule has 0 bridgehead atoms. The SMILES string of the molecule is COc1ccc(C2(C(=O)OCC3CC3)CCCC2)cc1. The van der Waals surface area contributed by atoms with Crippen molar-refractivity contribution in [2.75, 3.05) is 13.7 Å². The van der Waals surface area contributed by atoms with E-state index >= 15 is 0 Å². The second kappa shape index (κ2) is 5.47. The fourth-order valence-electron chi connectivity index (χ4n) is 3.12. The average molecular weight is 274 g/mol. The van der Waals surface area contributed by atoms with Crippen LogP contribution in [-0.4, -0.2) is 19.7 Å². The van der Waals surface area contributed by atoms with Gasteiger partial charge in [0, 0.05) is 0 Å². The molecule has 0 aliphatic heterocycles. The van der Waals surface area contributed by atoms with E-state index in [-0.39, 0.29) is 5.97 Å². The van der Waals surface area contributed by atoms with Gasteiger partial charge in [-0.2, -0.15) is 0 Å². The van der Waals surface area contributed by atoms with Gasteiger partial charge in [-0.1, -0.05) is 25.0 Å². The third-order valence-corrected chi connectivity index (χ3v) is 4.64. The van der Waals surface area contributed by atoms with Crippen LogP contribution in [0.25, 0.3) is 0 Å². The lowest BCUT2D eigenvalue weighted by Gasteiger charge is -2.27. The Morgan fingerprint density at radius 2 is 1.85 bits per heavy atom. The summed E-state index contributed by atoms with van der Waals surface area (Å²) in [7, 11) is 1.66.